The van der Waals surface area contributed by atoms with Crippen LogP contribution in [0.15, 0.2) is 0 Å². The number of hydrogen-bond acceptors (Lipinski definition) is 3. The minimum Gasteiger partial charge on any atom is -0.369 e. The zero-order chi connectivity index (χ0) is 13.9. The van der Waals surface area contributed by atoms with Gasteiger partial charge in [-0.15, -0.1) is 0 Å². The standard InChI is InChI=1S/C13H22N2O3S/c1-19(17,18)15-8-12-3-9-2-10(4-12)6-13(5-9,7-12)11(14)16/h9-10,15H,2-8H2,1H3,(H2,14,16)/t9-,10?,12?,13?/m1/s1. The van der Waals surface area contributed by atoms with Crippen molar-refractivity contribution in [3.05, 3.63) is 0 Å². The molecule has 4 aliphatic carbocycles. The molecule has 4 aliphatic rings. The molecule has 108 valence electrons. The normalized spacial score (nSPS) is 44.5. The van der Waals surface area contributed by atoms with Crippen LogP contribution in [0.5, 0.6) is 0 Å². The molecular weight excluding hydrogens is 264 g/mol. The molecule has 0 spiro atoms. The summed E-state index contributed by atoms with van der Waals surface area (Å²) in [5.74, 6) is 0.926. The summed E-state index contributed by atoms with van der Waals surface area (Å²) in [6, 6.07) is 0. The smallest absolute Gasteiger partial charge is 0.223 e. The third-order valence-electron chi connectivity index (χ3n) is 5.41. The number of primary amides is 1. The predicted octanol–water partition coefficient (Wildman–Crippen LogP) is 0.608. The third kappa shape index (κ3) is 2.29. The molecule has 5 nitrogen and oxygen atoms in total. The van der Waals surface area contributed by atoms with E-state index in [9.17, 15) is 13.2 Å². The number of hydrogen-bond donors (Lipinski definition) is 2. The lowest BCUT2D eigenvalue weighted by molar-refractivity contribution is -0.153. The first-order valence-electron chi connectivity index (χ1n) is 6.97. The van der Waals surface area contributed by atoms with Crippen molar-refractivity contribution in [3.8, 4) is 0 Å². The lowest BCUT2D eigenvalue weighted by Crippen LogP contribution is -2.59. The van der Waals surface area contributed by atoms with Crippen molar-refractivity contribution in [1.29, 1.82) is 0 Å². The molecule has 4 saturated carbocycles. The van der Waals surface area contributed by atoms with Gasteiger partial charge < -0.3 is 5.73 Å². The summed E-state index contributed by atoms with van der Waals surface area (Å²) in [5.41, 5.74) is 5.26. The quantitative estimate of drug-likeness (QED) is 0.793. The molecule has 0 aromatic heterocycles. The van der Waals surface area contributed by atoms with Gasteiger partial charge in [0, 0.05) is 6.54 Å². The fourth-order valence-electron chi connectivity index (χ4n) is 5.23. The Hall–Kier alpha value is -0.620. The summed E-state index contributed by atoms with van der Waals surface area (Å²) >= 11 is 0. The number of nitrogens with one attached hydrogen (secondary N) is 1. The monoisotopic (exact) mass is 286 g/mol. The number of nitrogens with two attached hydrogens (primary N) is 1. The Morgan fingerprint density at radius 1 is 1.26 bits per heavy atom. The van der Waals surface area contributed by atoms with Crippen LogP contribution in [0.4, 0.5) is 0 Å². The highest BCUT2D eigenvalue weighted by Crippen LogP contribution is 2.64. The molecule has 0 aromatic carbocycles. The van der Waals surface area contributed by atoms with Gasteiger partial charge in [0.25, 0.3) is 0 Å². The Balaban J connectivity index is 1.85. The predicted molar refractivity (Wildman–Crippen MR) is 71.6 cm³/mol. The Morgan fingerprint density at radius 3 is 2.32 bits per heavy atom. The van der Waals surface area contributed by atoms with E-state index < -0.39 is 10.0 Å². The minimum absolute atomic E-state index is 0.0395. The Morgan fingerprint density at radius 2 is 1.84 bits per heavy atom. The second kappa shape index (κ2) is 3.95. The number of amides is 1. The van der Waals surface area contributed by atoms with Crippen molar-refractivity contribution in [1.82, 2.24) is 4.72 Å². The molecule has 0 saturated heterocycles. The van der Waals surface area contributed by atoms with E-state index in [0.29, 0.717) is 18.4 Å². The van der Waals surface area contributed by atoms with Crippen LogP contribution in [0.3, 0.4) is 0 Å². The number of carbonyl (C=O) groups excluding carboxylic acids is 1. The van der Waals surface area contributed by atoms with E-state index in [1.54, 1.807) is 0 Å². The molecule has 0 heterocycles. The van der Waals surface area contributed by atoms with Gasteiger partial charge in [-0.2, -0.15) is 0 Å². The van der Waals surface area contributed by atoms with E-state index in [0.717, 1.165) is 32.1 Å². The first-order chi connectivity index (χ1) is 8.72. The fourth-order valence-corrected chi connectivity index (χ4v) is 5.80. The summed E-state index contributed by atoms with van der Waals surface area (Å²) < 4.78 is 25.3. The molecule has 3 N–H and O–H groups in total. The van der Waals surface area contributed by atoms with E-state index >= 15 is 0 Å². The van der Waals surface area contributed by atoms with E-state index in [2.05, 4.69) is 4.72 Å². The first-order valence-corrected chi connectivity index (χ1v) is 8.86. The Kier molecular flexibility index (Phi) is 2.78. The van der Waals surface area contributed by atoms with Gasteiger partial charge in [0.15, 0.2) is 0 Å². The van der Waals surface area contributed by atoms with Crippen molar-refractivity contribution >= 4 is 15.9 Å². The van der Waals surface area contributed by atoms with Gasteiger partial charge in [0.1, 0.15) is 0 Å². The molecule has 19 heavy (non-hydrogen) atoms. The molecule has 4 rings (SSSR count). The van der Waals surface area contributed by atoms with Crippen molar-refractivity contribution < 1.29 is 13.2 Å². The van der Waals surface area contributed by atoms with Crippen LogP contribution >= 0.6 is 0 Å². The molecule has 0 radical (unpaired) electrons. The van der Waals surface area contributed by atoms with E-state index in [1.165, 1.54) is 12.7 Å². The molecule has 6 heteroatoms. The maximum atomic E-state index is 11.9. The number of sulfonamides is 1. The SMILES string of the molecule is CS(=O)(=O)NCC12CC3C[C@H](C1)CC(C(N)=O)(C3)C2. The van der Waals surface area contributed by atoms with Crippen LogP contribution in [-0.2, 0) is 14.8 Å². The molecule has 1 amide bonds. The summed E-state index contributed by atoms with van der Waals surface area (Å²) in [5, 5.41) is 0. The molecule has 4 bridgehead atoms. The second-order valence-electron chi connectivity index (χ2n) is 7.20. The Bertz CT molecular complexity index is 500. The second-order valence-corrected chi connectivity index (χ2v) is 9.03. The molecule has 4 fully saturated rings. The average molecular weight is 286 g/mol. The van der Waals surface area contributed by atoms with Gasteiger partial charge in [-0.25, -0.2) is 13.1 Å². The highest BCUT2D eigenvalue weighted by atomic mass is 32.2. The summed E-state index contributed by atoms with van der Waals surface area (Å²) in [6.07, 6.45) is 7.07. The number of rotatable bonds is 4. The van der Waals surface area contributed by atoms with Gasteiger partial charge in [-0.3, -0.25) is 4.79 Å². The summed E-state index contributed by atoms with van der Waals surface area (Å²) in [6.45, 7) is 0.466. The van der Waals surface area contributed by atoms with Gasteiger partial charge in [-0.1, -0.05) is 0 Å². The van der Waals surface area contributed by atoms with Gasteiger partial charge in [0.05, 0.1) is 11.7 Å². The van der Waals surface area contributed by atoms with E-state index in [1.807, 2.05) is 0 Å². The van der Waals surface area contributed by atoms with Crippen molar-refractivity contribution in [2.24, 2.45) is 28.4 Å². The maximum absolute atomic E-state index is 11.9. The molecular formula is C13H22N2O3S. The van der Waals surface area contributed by atoms with E-state index in [-0.39, 0.29) is 16.7 Å². The highest BCUT2D eigenvalue weighted by molar-refractivity contribution is 7.88. The van der Waals surface area contributed by atoms with Gasteiger partial charge >= 0.3 is 0 Å². The van der Waals surface area contributed by atoms with Crippen LogP contribution in [0.25, 0.3) is 0 Å². The third-order valence-corrected chi connectivity index (χ3v) is 6.08. The average Bonchev–Trinajstić information content (AvgIpc) is 2.24. The zero-order valence-corrected chi connectivity index (χ0v) is 12.1. The molecule has 0 aliphatic heterocycles. The highest BCUT2D eigenvalue weighted by Gasteiger charge is 2.59. The summed E-state index contributed by atoms with van der Waals surface area (Å²) in [4.78, 5) is 11.9. The fraction of sp³-hybridized carbons (Fsp3) is 0.923. The summed E-state index contributed by atoms with van der Waals surface area (Å²) in [7, 11) is -3.17. The maximum Gasteiger partial charge on any atom is 0.223 e. The number of carbonyl (C=O) groups is 1. The lowest BCUT2D eigenvalue weighted by atomic mass is 9.44. The Labute approximate surface area is 114 Å². The van der Waals surface area contributed by atoms with Crippen LogP contribution in [0.1, 0.15) is 38.5 Å². The lowest BCUT2D eigenvalue weighted by Gasteiger charge is -2.61. The minimum atomic E-state index is -3.17. The largest absolute Gasteiger partial charge is 0.369 e. The van der Waals surface area contributed by atoms with Crippen LogP contribution in [0, 0.1) is 22.7 Å². The van der Waals surface area contributed by atoms with Gasteiger partial charge in [-0.05, 0) is 55.8 Å². The molecule has 4 atom stereocenters. The molecule has 0 aromatic rings. The van der Waals surface area contributed by atoms with Crippen molar-refractivity contribution in [2.45, 2.75) is 38.5 Å². The van der Waals surface area contributed by atoms with Crippen LogP contribution in [-0.4, -0.2) is 27.1 Å². The topological polar surface area (TPSA) is 89.3 Å². The zero-order valence-electron chi connectivity index (χ0n) is 11.3. The molecule has 3 unspecified atom stereocenters. The van der Waals surface area contributed by atoms with Crippen LogP contribution < -0.4 is 10.5 Å². The van der Waals surface area contributed by atoms with Gasteiger partial charge in [0.2, 0.25) is 15.9 Å². The first kappa shape index (κ1) is 13.4. The van der Waals surface area contributed by atoms with E-state index in [4.69, 9.17) is 5.73 Å². The van der Waals surface area contributed by atoms with Crippen molar-refractivity contribution in [3.63, 3.8) is 0 Å². The van der Waals surface area contributed by atoms with Crippen LogP contribution in [0.2, 0.25) is 0 Å². The van der Waals surface area contributed by atoms with Crippen molar-refractivity contribution in [2.75, 3.05) is 12.8 Å².